The van der Waals surface area contributed by atoms with Crippen LogP contribution in [0.5, 0.6) is 5.75 Å². The molecule has 0 N–H and O–H groups in total. The molecule has 1 heterocycles. The lowest BCUT2D eigenvalue weighted by Crippen LogP contribution is -2.24. The van der Waals surface area contributed by atoms with Crippen molar-refractivity contribution in [2.75, 3.05) is 26.5 Å². The van der Waals surface area contributed by atoms with E-state index in [0.29, 0.717) is 34.7 Å². The number of hydrogen-bond acceptors (Lipinski definition) is 5. The zero-order valence-electron chi connectivity index (χ0n) is 16.6. The number of fused-ring (bicyclic) bond motifs is 1. The summed E-state index contributed by atoms with van der Waals surface area (Å²) in [5, 5.41) is 0. The summed E-state index contributed by atoms with van der Waals surface area (Å²) in [5.41, 5.74) is 1.52. The first-order chi connectivity index (χ1) is 12.9. The molecule has 2 aromatic rings. The van der Waals surface area contributed by atoms with Gasteiger partial charge in [0.1, 0.15) is 5.75 Å². The number of carbonyl (C=O) groups is 1. The van der Waals surface area contributed by atoms with Crippen molar-refractivity contribution in [3.8, 4) is 5.75 Å². The van der Waals surface area contributed by atoms with Crippen molar-refractivity contribution in [2.45, 2.75) is 17.9 Å². The first kappa shape index (κ1) is 13.3. The van der Waals surface area contributed by atoms with E-state index in [9.17, 15) is 4.79 Å². The molecule has 1 unspecified atom stereocenters. The molecule has 0 aromatic heterocycles. The third kappa shape index (κ3) is 3.91. The first-order valence-corrected chi connectivity index (χ1v) is 8.55. The first-order valence-electron chi connectivity index (χ1n) is 9.15. The van der Waals surface area contributed by atoms with Crippen molar-refractivity contribution >= 4 is 17.7 Å². The summed E-state index contributed by atoms with van der Waals surface area (Å²) in [7, 11) is 2.87. The molecule has 0 fully saturated rings. The van der Waals surface area contributed by atoms with E-state index in [1.165, 1.54) is 12.0 Å². The van der Waals surface area contributed by atoms with Crippen LogP contribution in [0, 0.1) is 0 Å². The van der Waals surface area contributed by atoms with Crippen LogP contribution in [0.2, 0.25) is 0 Å². The average molecular weight is 346 g/mol. The minimum absolute atomic E-state index is 0.401. The standard InChI is InChI=1S/C19H21NO3S/c1-22-17-7-8-18-16(11-17)13-20(9-10-24-18)12-14-3-5-15(6-4-14)19(21)23-2/h3-8,11H,9-10,12-13H2,1-2H3/i12D,13D2. The molecular formula is C19H21NO3S. The predicted molar refractivity (Wildman–Crippen MR) is 95.6 cm³/mol. The average Bonchev–Trinajstić information content (AvgIpc) is 2.82. The van der Waals surface area contributed by atoms with E-state index >= 15 is 0 Å². The van der Waals surface area contributed by atoms with Crippen LogP contribution in [0.4, 0.5) is 0 Å². The Kier molecular flexibility index (Phi) is 4.29. The number of esters is 1. The molecule has 0 saturated carbocycles. The van der Waals surface area contributed by atoms with Gasteiger partial charge in [0.15, 0.2) is 0 Å². The fourth-order valence-corrected chi connectivity index (χ4v) is 3.35. The Labute approximate surface area is 151 Å². The SMILES string of the molecule is [2H]C(c1ccc(C(=O)OC)cc1)N1CCSc2ccc(OC)cc2C1([2H])[2H]. The lowest BCUT2D eigenvalue weighted by atomic mass is 10.1. The highest BCUT2D eigenvalue weighted by atomic mass is 32.2. The normalized spacial score (nSPS) is 19.8. The Morgan fingerprint density at radius 3 is 2.79 bits per heavy atom. The largest absolute Gasteiger partial charge is 0.497 e. The van der Waals surface area contributed by atoms with Gasteiger partial charge in [-0.1, -0.05) is 12.1 Å². The van der Waals surface area contributed by atoms with Crippen LogP contribution < -0.4 is 4.74 Å². The van der Waals surface area contributed by atoms with Crippen molar-refractivity contribution in [1.82, 2.24) is 4.90 Å². The molecule has 0 spiro atoms. The van der Waals surface area contributed by atoms with Crippen LogP contribution in [0.3, 0.4) is 0 Å². The summed E-state index contributed by atoms with van der Waals surface area (Å²) in [4.78, 5) is 14.0. The van der Waals surface area contributed by atoms with Gasteiger partial charge in [-0.2, -0.15) is 0 Å². The van der Waals surface area contributed by atoms with E-state index in [0.717, 1.165) is 4.90 Å². The van der Waals surface area contributed by atoms with Gasteiger partial charge >= 0.3 is 5.97 Å². The van der Waals surface area contributed by atoms with Crippen LogP contribution in [-0.4, -0.2) is 37.4 Å². The Bertz CT molecular complexity index is 829. The molecule has 0 bridgehead atoms. The van der Waals surface area contributed by atoms with Crippen molar-refractivity contribution in [3.63, 3.8) is 0 Å². The van der Waals surface area contributed by atoms with Crippen molar-refractivity contribution in [2.24, 2.45) is 0 Å². The van der Waals surface area contributed by atoms with Gasteiger partial charge in [-0.15, -0.1) is 11.8 Å². The van der Waals surface area contributed by atoms with E-state index in [4.69, 9.17) is 13.6 Å². The van der Waals surface area contributed by atoms with Crippen LogP contribution >= 0.6 is 11.8 Å². The summed E-state index contributed by atoms with van der Waals surface area (Å²) in [5.74, 6) is 0.823. The molecule has 2 aromatic carbocycles. The van der Waals surface area contributed by atoms with E-state index in [-0.39, 0.29) is 0 Å². The zero-order valence-corrected chi connectivity index (χ0v) is 14.4. The molecule has 0 aliphatic carbocycles. The highest BCUT2D eigenvalue weighted by Crippen LogP contribution is 2.30. The van der Waals surface area contributed by atoms with E-state index in [1.807, 2.05) is 12.1 Å². The third-order valence-electron chi connectivity index (χ3n) is 3.68. The number of ether oxygens (including phenoxy) is 2. The monoisotopic (exact) mass is 346 g/mol. The summed E-state index contributed by atoms with van der Waals surface area (Å²) in [6, 6.07) is 11.9. The molecule has 126 valence electrons. The minimum atomic E-state index is -1.83. The third-order valence-corrected chi connectivity index (χ3v) is 4.73. The van der Waals surface area contributed by atoms with E-state index in [2.05, 4.69) is 0 Å². The summed E-state index contributed by atoms with van der Waals surface area (Å²) >= 11 is 1.57. The van der Waals surface area contributed by atoms with Crippen LogP contribution in [-0.2, 0) is 17.8 Å². The van der Waals surface area contributed by atoms with Crippen LogP contribution in [0.15, 0.2) is 47.4 Å². The fourth-order valence-electron chi connectivity index (χ4n) is 2.41. The Hall–Kier alpha value is -1.98. The number of benzene rings is 2. The van der Waals surface area contributed by atoms with E-state index in [1.54, 1.807) is 49.2 Å². The maximum Gasteiger partial charge on any atom is 0.337 e. The molecule has 3 rings (SSSR count). The topological polar surface area (TPSA) is 38.8 Å². The fraction of sp³-hybridized carbons (Fsp3) is 0.316. The second-order valence-electron chi connectivity index (χ2n) is 5.26. The zero-order chi connectivity index (χ0) is 19.6. The molecule has 0 saturated heterocycles. The summed E-state index contributed by atoms with van der Waals surface area (Å²) in [6.07, 6.45) is 0. The molecule has 1 aliphatic rings. The van der Waals surface area contributed by atoms with Crippen molar-refractivity contribution in [1.29, 1.82) is 0 Å². The maximum absolute atomic E-state index is 11.6. The van der Waals surface area contributed by atoms with Gasteiger partial charge in [-0.05, 0) is 41.5 Å². The second kappa shape index (κ2) is 7.73. The highest BCUT2D eigenvalue weighted by Gasteiger charge is 2.16. The smallest absolute Gasteiger partial charge is 0.337 e. The van der Waals surface area contributed by atoms with Crippen molar-refractivity contribution < 1.29 is 18.4 Å². The number of methoxy groups -OCH3 is 2. The maximum atomic E-state index is 11.6. The summed E-state index contributed by atoms with van der Waals surface area (Å²) in [6.45, 7) is -2.33. The molecular weight excluding hydrogens is 322 g/mol. The second-order valence-corrected chi connectivity index (χ2v) is 6.40. The number of rotatable bonds is 4. The number of hydrogen-bond donors (Lipinski definition) is 0. The Morgan fingerprint density at radius 1 is 1.29 bits per heavy atom. The lowest BCUT2D eigenvalue weighted by Gasteiger charge is -2.20. The molecule has 4 nitrogen and oxygen atoms in total. The number of thioether (sulfide) groups is 1. The van der Waals surface area contributed by atoms with Crippen LogP contribution in [0.1, 0.15) is 25.6 Å². The predicted octanol–water partition coefficient (Wildman–Crippen LogP) is 3.59. The van der Waals surface area contributed by atoms with E-state index < -0.39 is 19.0 Å². The molecule has 1 aliphatic heterocycles. The van der Waals surface area contributed by atoms with Gasteiger partial charge < -0.3 is 9.47 Å². The van der Waals surface area contributed by atoms with Gasteiger partial charge in [0.05, 0.1) is 19.8 Å². The van der Waals surface area contributed by atoms with Gasteiger partial charge in [0.25, 0.3) is 0 Å². The highest BCUT2D eigenvalue weighted by molar-refractivity contribution is 7.99. The number of nitrogens with zero attached hydrogens (tertiary/aromatic N) is 1. The van der Waals surface area contributed by atoms with Gasteiger partial charge in [0, 0.05) is 34.3 Å². The molecule has 5 heteroatoms. The molecule has 24 heavy (non-hydrogen) atoms. The Balaban J connectivity index is 1.94. The summed E-state index contributed by atoms with van der Waals surface area (Å²) < 4.78 is 36.1. The lowest BCUT2D eigenvalue weighted by molar-refractivity contribution is 0.0600. The number of carbonyl (C=O) groups excluding carboxylic acids is 1. The molecule has 1 atom stereocenters. The quantitative estimate of drug-likeness (QED) is 0.791. The molecule has 0 radical (unpaired) electrons. The molecule has 0 amide bonds. The van der Waals surface area contributed by atoms with Gasteiger partial charge in [0.2, 0.25) is 0 Å². The Morgan fingerprint density at radius 2 is 2.08 bits per heavy atom. The minimum Gasteiger partial charge on any atom is -0.497 e. The van der Waals surface area contributed by atoms with Gasteiger partial charge in [-0.3, -0.25) is 4.90 Å². The van der Waals surface area contributed by atoms with Crippen LogP contribution in [0.25, 0.3) is 0 Å². The van der Waals surface area contributed by atoms with Crippen molar-refractivity contribution in [3.05, 3.63) is 59.2 Å². The van der Waals surface area contributed by atoms with Gasteiger partial charge in [-0.25, -0.2) is 4.79 Å².